The zero-order valence-electron chi connectivity index (χ0n) is 14.1. The molecule has 0 amide bonds. The molecule has 0 atom stereocenters. The van der Waals surface area contributed by atoms with Gasteiger partial charge in [0.05, 0.1) is 0 Å². The molecule has 5 heteroatoms. The lowest BCUT2D eigenvalue weighted by molar-refractivity contribution is -0.0667. The smallest absolute Gasteiger partial charge is 0.231 e. The largest absolute Gasteiger partial charge is 0.454 e. The van der Waals surface area contributed by atoms with Crippen LogP contribution in [0, 0.1) is 5.41 Å². The lowest BCUT2D eigenvalue weighted by Crippen LogP contribution is -2.72. The van der Waals surface area contributed by atoms with E-state index in [1.165, 1.54) is 0 Å². The van der Waals surface area contributed by atoms with Crippen LogP contribution in [0.5, 0.6) is 11.5 Å². The molecule has 1 fully saturated rings. The van der Waals surface area contributed by atoms with Gasteiger partial charge in [-0.05, 0) is 31.5 Å². The maximum absolute atomic E-state index is 5.42. The topological polar surface area (TPSA) is 46.1 Å². The molecular formula is C17H25N3O2. The average molecular weight is 303 g/mol. The van der Waals surface area contributed by atoms with Gasteiger partial charge in [-0.3, -0.25) is 4.99 Å². The molecule has 22 heavy (non-hydrogen) atoms. The molecule has 1 aromatic carbocycles. The molecule has 0 aliphatic carbocycles. The summed E-state index contributed by atoms with van der Waals surface area (Å²) >= 11 is 0. The number of aliphatic imine (C=N–C) groups is 1. The number of guanidine groups is 1. The number of nitrogens with zero attached hydrogens (tertiary/aromatic N) is 2. The van der Waals surface area contributed by atoms with E-state index in [4.69, 9.17) is 9.47 Å². The average Bonchev–Trinajstić information content (AvgIpc) is 2.94. The second-order valence-electron chi connectivity index (χ2n) is 7.12. The van der Waals surface area contributed by atoms with Crippen LogP contribution < -0.4 is 14.8 Å². The number of hydrogen-bond donors (Lipinski definition) is 1. The van der Waals surface area contributed by atoms with Crippen LogP contribution in [0.4, 0.5) is 0 Å². The van der Waals surface area contributed by atoms with Crippen molar-refractivity contribution < 1.29 is 9.47 Å². The third-order valence-corrected chi connectivity index (χ3v) is 5.24. The van der Waals surface area contributed by atoms with Crippen molar-refractivity contribution in [1.29, 1.82) is 0 Å². The molecule has 2 aliphatic rings. The van der Waals surface area contributed by atoms with Crippen LogP contribution in [0.15, 0.2) is 23.2 Å². The molecule has 0 radical (unpaired) electrons. The van der Waals surface area contributed by atoms with Gasteiger partial charge in [-0.2, -0.15) is 0 Å². The first-order chi connectivity index (χ1) is 10.3. The molecule has 0 saturated carbocycles. The maximum atomic E-state index is 5.42. The number of nitrogens with one attached hydrogen (secondary N) is 1. The Kier molecular flexibility index (Phi) is 3.46. The summed E-state index contributed by atoms with van der Waals surface area (Å²) in [4.78, 5) is 6.77. The van der Waals surface area contributed by atoms with Crippen LogP contribution in [0.25, 0.3) is 0 Å². The highest BCUT2D eigenvalue weighted by Gasteiger charge is 2.53. The quantitative estimate of drug-likeness (QED) is 0.674. The van der Waals surface area contributed by atoms with Crippen molar-refractivity contribution in [1.82, 2.24) is 10.2 Å². The van der Waals surface area contributed by atoms with E-state index in [-0.39, 0.29) is 5.54 Å². The number of fused-ring (bicyclic) bond motifs is 1. The standard InChI is InChI=1S/C17H25N3O2/c1-16(2)10-20(17(16,3)4)15(18-5)19-9-12-6-7-13-14(8-12)22-11-21-13/h6-8H,9-11H2,1-5H3,(H,18,19). The Bertz CT molecular complexity index is 608. The predicted octanol–water partition coefficient (Wildman–Crippen LogP) is 2.61. The van der Waals surface area contributed by atoms with Gasteiger partial charge in [0.1, 0.15) is 0 Å². The van der Waals surface area contributed by atoms with Crippen LogP contribution >= 0.6 is 0 Å². The van der Waals surface area contributed by atoms with Gasteiger partial charge >= 0.3 is 0 Å². The van der Waals surface area contributed by atoms with E-state index in [0.29, 0.717) is 12.2 Å². The molecule has 3 rings (SSSR count). The summed E-state index contributed by atoms with van der Waals surface area (Å²) in [6.45, 7) is 11.2. The van der Waals surface area contributed by atoms with Gasteiger partial charge in [0.15, 0.2) is 17.5 Å². The third-order valence-electron chi connectivity index (χ3n) is 5.24. The van der Waals surface area contributed by atoms with Gasteiger partial charge in [-0.25, -0.2) is 0 Å². The summed E-state index contributed by atoms with van der Waals surface area (Å²) in [6.07, 6.45) is 0. The summed E-state index contributed by atoms with van der Waals surface area (Å²) in [7, 11) is 1.84. The lowest BCUT2D eigenvalue weighted by atomic mass is 9.65. The Morgan fingerprint density at radius 3 is 2.59 bits per heavy atom. The van der Waals surface area contributed by atoms with Gasteiger partial charge in [0.25, 0.3) is 0 Å². The fourth-order valence-electron chi connectivity index (χ4n) is 2.93. The van der Waals surface area contributed by atoms with Crippen molar-refractivity contribution in [3.05, 3.63) is 23.8 Å². The first-order valence-corrected chi connectivity index (χ1v) is 7.72. The Labute approximate surface area is 132 Å². The maximum Gasteiger partial charge on any atom is 0.231 e. The molecule has 5 nitrogen and oxygen atoms in total. The van der Waals surface area contributed by atoms with Crippen molar-refractivity contribution in [3.63, 3.8) is 0 Å². The molecule has 120 valence electrons. The van der Waals surface area contributed by atoms with E-state index in [2.05, 4.69) is 49.0 Å². The number of benzene rings is 1. The minimum Gasteiger partial charge on any atom is -0.454 e. The zero-order chi connectivity index (χ0) is 16.0. The second kappa shape index (κ2) is 5.07. The number of rotatable bonds is 2. The normalized spacial score (nSPS) is 21.5. The number of ether oxygens (including phenoxy) is 2. The van der Waals surface area contributed by atoms with Crippen molar-refractivity contribution in [2.75, 3.05) is 20.4 Å². The molecular weight excluding hydrogens is 278 g/mol. The summed E-state index contributed by atoms with van der Waals surface area (Å²) in [6, 6.07) is 6.03. The van der Waals surface area contributed by atoms with E-state index >= 15 is 0 Å². The minimum absolute atomic E-state index is 0.101. The summed E-state index contributed by atoms with van der Waals surface area (Å²) in [5.41, 5.74) is 1.55. The fourth-order valence-corrected chi connectivity index (χ4v) is 2.93. The number of likely N-dealkylation sites (tertiary alicyclic amines) is 1. The van der Waals surface area contributed by atoms with E-state index in [0.717, 1.165) is 36.1 Å². The molecule has 0 bridgehead atoms. The van der Waals surface area contributed by atoms with E-state index in [1.54, 1.807) is 0 Å². The monoisotopic (exact) mass is 303 g/mol. The molecule has 1 aromatic rings. The van der Waals surface area contributed by atoms with Crippen LogP contribution in [0.1, 0.15) is 33.3 Å². The Morgan fingerprint density at radius 1 is 1.23 bits per heavy atom. The first-order valence-electron chi connectivity index (χ1n) is 7.72. The summed E-state index contributed by atoms with van der Waals surface area (Å²) in [5.74, 6) is 2.58. The Morgan fingerprint density at radius 2 is 1.95 bits per heavy atom. The van der Waals surface area contributed by atoms with Gasteiger partial charge in [-0.15, -0.1) is 0 Å². The van der Waals surface area contributed by atoms with Crippen LogP contribution in [0.2, 0.25) is 0 Å². The van der Waals surface area contributed by atoms with Gasteiger partial charge in [0.2, 0.25) is 6.79 Å². The summed E-state index contributed by atoms with van der Waals surface area (Å²) in [5, 5.41) is 3.45. The van der Waals surface area contributed by atoms with Crippen molar-refractivity contribution in [3.8, 4) is 11.5 Å². The van der Waals surface area contributed by atoms with Crippen LogP contribution in [-0.4, -0.2) is 36.8 Å². The first kappa shape index (κ1) is 15.0. The minimum atomic E-state index is 0.101. The molecule has 1 saturated heterocycles. The number of hydrogen-bond acceptors (Lipinski definition) is 3. The second-order valence-corrected chi connectivity index (χ2v) is 7.12. The van der Waals surface area contributed by atoms with E-state index in [9.17, 15) is 0 Å². The highest BCUT2D eigenvalue weighted by atomic mass is 16.7. The third kappa shape index (κ3) is 2.28. The lowest BCUT2D eigenvalue weighted by Gasteiger charge is -2.62. The van der Waals surface area contributed by atoms with Gasteiger partial charge < -0.3 is 19.7 Å². The summed E-state index contributed by atoms with van der Waals surface area (Å²) < 4.78 is 10.8. The molecule has 0 aromatic heterocycles. The Balaban J connectivity index is 1.65. The molecule has 1 N–H and O–H groups in total. The highest BCUT2D eigenvalue weighted by molar-refractivity contribution is 5.82. The van der Waals surface area contributed by atoms with Gasteiger partial charge in [0, 0.05) is 31.1 Å². The van der Waals surface area contributed by atoms with Crippen molar-refractivity contribution >= 4 is 5.96 Å². The van der Waals surface area contributed by atoms with E-state index < -0.39 is 0 Å². The van der Waals surface area contributed by atoms with E-state index in [1.807, 2.05) is 19.2 Å². The molecule has 2 heterocycles. The predicted molar refractivity (Wildman–Crippen MR) is 87.3 cm³/mol. The molecule has 0 unspecified atom stereocenters. The Hall–Kier alpha value is -1.91. The molecule has 0 spiro atoms. The van der Waals surface area contributed by atoms with Crippen molar-refractivity contribution in [2.45, 2.75) is 39.8 Å². The van der Waals surface area contributed by atoms with Crippen LogP contribution in [-0.2, 0) is 6.54 Å². The van der Waals surface area contributed by atoms with Crippen LogP contribution in [0.3, 0.4) is 0 Å². The highest BCUT2D eigenvalue weighted by Crippen LogP contribution is 2.46. The van der Waals surface area contributed by atoms with Crippen molar-refractivity contribution in [2.24, 2.45) is 10.4 Å². The zero-order valence-corrected chi connectivity index (χ0v) is 14.1. The molecule has 2 aliphatic heterocycles. The van der Waals surface area contributed by atoms with Gasteiger partial charge in [-0.1, -0.05) is 19.9 Å². The SMILES string of the molecule is CN=C(NCc1ccc2c(c1)OCO2)N1CC(C)(C)C1(C)C. The fraction of sp³-hybridized carbons (Fsp3) is 0.588.